The Morgan fingerprint density at radius 3 is 2.83 bits per heavy atom. The largest absolute Gasteiger partial charge is 0.113 e. The molecule has 1 aromatic heterocycles. The average molecular weight is 118 g/mol. The van der Waals surface area contributed by atoms with Gasteiger partial charge in [-0.15, -0.1) is 3.48 Å². The molecule has 0 amide bonds. The predicted octanol–water partition coefficient (Wildman–Crippen LogP) is -0.259. The second-order valence-corrected chi connectivity index (χ2v) is 2.15. The van der Waals surface area contributed by atoms with E-state index in [-0.39, 0.29) is 0 Å². The van der Waals surface area contributed by atoms with Gasteiger partial charge in [-0.2, -0.15) is 0 Å². The minimum atomic E-state index is 1.38. The van der Waals surface area contributed by atoms with Crippen LogP contribution in [0.3, 0.4) is 0 Å². The van der Waals surface area contributed by atoms with E-state index in [1.54, 1.807) is 6.20 Å². The van der Waals surface area contributed by atoms with Gasteiger partial charge in [0.15, 0.2) is 0 Å². The topological polar surface area (TPSA) is 16.8 Å². The first kappa shape index (κ1) is 3.95. The van der Waals surface area contributed by atoms with Crippen molar-refractivity contribution in [1.29, 1.82) is 0 Å². The van der Waals surface area contributed by atoms with Gasteiger partial charge in [0.25, 0.3) is 0 Å². The second-order valence-electron chi connectivity index (χ2n) is 0.744. The van der Waals surface area contributed by atoms with Gasteiger partial charge in [0, 0.05) is 0 Å². The van der Waals surface area contributed by atoms with Crippen LogP contribution in [0.25, 0.3) is 0 Å². The van der Waals surface area contributed by atoms with Crippen LogP contribution in [-0.4, -0.2) is 5.10 Å². The van der Waals surface area contributed by atoms with Crippen molar-refractivity contribution in [3.8, 4) is 0 Å². The fourth-order valence-electron chi connectivity index (χ4n) is 0.188. The monoisotopic (exact) mass is 118 g/mol. The van der Waals surface area contributed by atoms with Gasteiger partial charge in [0.1, 0.15) is 0 Å². The summed E-state index contributed by atoms with van der Waals surface area (Å²) in [6, 6.07) is 0. The molecule has 0 N–H and O–H groups in total. The summed E-state index contributed by atoms with van der Waals surface area (Å²) in [5.41, 5.74) is 0. The Labute approximate surface area is 45.1 Å². The van der Waals surface area contributed by atoms with Gasteiger partial charge in [-0.25, -0.2) is 0 Å². The number of hydrogen-bond donors (Lipinski definition) is 0. The van der Waals surface area contributed by atoms with Gasteiger partial charge in [0.05, 0.1) is 6.20 Å². The molecule has 0 spiro atoms. The van der Waals surface area contributed by atoms with E-state index in [0.29, 0.717) is 0 Å². The molecule has 0 aliphatic carbocycles. The van der Waals surface area contributed by atoms with Crippen molar-refractivity contribution in [2.24, 2.45) is 0 Å². The third-order valence-electron chi connectivity index (χ3n) is 0.373. The van der Waals surface area contributed by atoms with Crippen molar-refractivity contribution in [2.45, 2.75) is 0 Å². The first-order valence-electron chi connectivity index (χ1n) is 1.39. The quantitative estimate of drug-likeness (QED) is 0.345. The van der Waals surface area contributed by atoms with Crippen molar-refractivity contribution >= 4 is 24.3 Å². The van der Waals surface area contributed by atoms with Gasteiger partial charge < -0.3 is 0 Å². The zero-order chi connectivity index (χ0) is 4.41. The van der Waals surface area contributed by atoms with E-state index in [1.165, 1.54) is 15.0 Å². The molecule has 0 aliphatic rings. The molecule has 0 atom stereocenters. The summed E-state index contributed by atoms with van der Waals surface area (Å²) < 4.78 is 1.38. The molecular weight excluding hydrogens is 116 g/mol. The Morgan fingerprint density at radius 1 is 1.83 bits per heavy atom. The molecule has 6 heavy (non-hydrogen) atoms. The van der Waals surface area contributed by atoms with Crippen LogP contribution in [0.15, 0.2) is 11.6 Å². The Kier molecular flexibility index (Phi) is 0.979. The van der Waals surface area contributed by atoms with E-state index in [4.69, 9.17) is 0 Å². The van der Waals surface area contributed by atoms with Crippen LogP contribution >= 0.6 is 11.5 Å². The van der Waals surface area contributed by atoms with Gasteiger partial charge in [-0.05, 0) is 23.3 Å². The predicted molar refractivity (Wildman–Crippen MR) is 25.1 cm³/mol. The number of hydrogen-bond acceptors (Lipinski definition) is 3. The van der Waals surface area contributed by atoms with Crippen molar-refractivity contribution in [3.05, 3.63) is 11.6 Å². The van der Waals surface area contributed by atoms with Crippen LogP contribution in [0.2, 0.25) is 0 Å². The lowest BCUT2D eigenvalue weighted by molar-refractivity contribution is -0.486. The highest BCUT2D eigenvalue weighted by molar-refractivity contribution is 7.52. The lowest BCUT2D eigenvalue weighted by Crippen LogP contribution is -2.22. The first-order chi connectivity index (χ1) is 2.89. The molecule has 0 aromatic carbocycles. The molecule has 0 saturated carbocycles. The lowest BCUT2D eigenvalue weighted by atomic mass is 11.1. The lowest BCUT2D eigenvalue weighted by Gasteiger charge is -1.68. The van der Waals surface area contributed by atoms with Crippen molar-refractivity contribution < 1.29 is 3.48 Å². The molecule has 0 saturated heterocycles. The summed E-state index contributed by atoms with van der Waals surface area (Å²) in [4.78, 5) is 0. The Hall–Kier alpha value is -0.220. The van der Waals surface area contributed by atoms with Crippen LogP contribution in [0.5, 0.6) is 0 Å². The van der Waals surface area contributed by atoms with Crippen molar-refractivity contribution in [1.82, 2.24) is 5.10 Å². The van der Waals surface area contributed by atoms with Crippen LogP contribution in [0.4, 0.5) is 0 Å². The molecule has 1 heterocycles. The second kappa shape index (κ2) is 1.49. The fourth-order valence-corrected chi connectivity index (χ4v) is 0.714. The third kappa shape index (κ3) is 0.636. The Balaban J connectivity index is 3.05. The standard InChI is InChI=1S/C2H2N2S2/c5-4-3-1-2-6-4/h1-2H. The summed E-state index contributed by atoms with van der Waals surface area (Å²) in [6.45, 7) is 0. The molecule has 0 aliphatic heterocycles. The maximum Gasteiger partial charge on any atom is 0.0902 e. The Bertz CT molecular complexity index is 113. The summed E-state index contributed by atoms with van der Waals surface area (Å²) in [5, 5.41) is 5.49. The third-order valence-corrected chi connectivity index (χ3v) is 1.24. The van der Waals surface area contributed by atoms with E-state index in [9.17, 15) is 0 Å². The summed E-state index contributed by atoms with van der Waals surface area (Å²) in [5.74, 6) is 0. The fraction of sp³-hybridized carbons (Fsp3) is 0. The molecule has 1 rings (SSSR count). The minimum absolute atomic E-state index is 1.38. The van der Waals surface area contributed by atoms with Crippen molar-refractivity contribution in [3.63, 3.8) is 0 Å². The van der Waals surface area contributed by atoms with E-state index in [0.717, 1.165) is 0 Å². The molecular formula is C2H2N2S2. The van der Waals surface area contributed by atoms with Crippen LogP contribution in [0, 0.1) is 0 Å². The van der Waals surface area contributed by atoms with E-state index in [2.05, 4.69) is 17.9 Å². The molecule has 2 nitrogen and oxygen atoms in total. The zero-order valence-electron chi connectivity index (χ0n) is 2.87. The van der Waals surface area contributed by atoms with Gasteiger partial charge in [0.2, 0.25) is 0 Å². The van der Waals surface area contributed by atoms with Gasteiger partial charge in [-0.3, -0.25) is 0 Å². The average Bonchev–Trinajstić information content (AvgIpc) is 1.86. The molecule has 32 valence electrons. The molecule has 0 bridgehead atoms. The van der Waals surface area contributed by atoms with E-state index >= 15 is 0 Å². The van der Waals surface area contributed by atoms with Crippen LogP contribution in [-0.2, 0) is 12.8 Å². The molecule has 0 fully saturated rings. The van der Waals surface area contributed by atoms with Crippen molar-refractivity contribution in [2.75, 3.05) is 0 Å². The highest BCUT2D eigenvalue weighted by Crippen LogP contribution is 1.76. The normalized spacial score (nSPS) is 8.67. The van der Waals surface area contributed by atoms with E-state index in [1.807, 2.05) is 5.38 Å². The van der Waals surface area contributed by atoms with Crippen LogP contribution in [0.1, 0.15) is 0 Å². The summed E-state index contributed by atoms with van der Waals surface area (Å²) >= 11 is 5.97. The van der Waals surface area contributed by atoms with Crippen LogP contribution < -0.4 is 3.48 Å². The number of nitrogens with zero attached hydrogens (tertiary/aromatic N) is 2. The molecule has 0 unspecified atom stereocenters. The van der Waals surface area contributed by atoms with E-state index < -0.39 is 0 Å². The van der Waals surface area contributed by atoms with Gasteiger partial charge in [-0.1, -0.05) is 11.5 Å². The maximum atomic E-state index is 4.57. The molecule has 4 heteroatoms. The SMILES string of the molecule is [S-][n+]1nccs1. The summed E-state index contributed by atoms with van der Waals surface area (Å²) in [6.07, 6.45) is 1.66. The summed E-state index contributed by atoms with van der Waals surface area (Å²) in [7, 11) is 0. The first-order valence-corrected chi connectivity index (χ1v) is 2.59. The smallest absolute Gasteiger partial charge is 0.0902 e. The molecule has 0 radical (unpaired) electrons. The number of rotatable bonds is 0. The Morgan fingerprint density at radius 2 is 2.67 bits per heavy atom. The van der Waals surface area contributed by atoms with Gasteiger partial charge >= 0.3 is 0 Å². The number of aromatic nitrogens is 2. The highest BCUT2D eigenvalue weighted by Gasteiger charge is 1.75. The molecule has 1 aromatic rings. The zero-order valence-corrected chi connectivity index (χ0v) is 4.50. The highest BCUT2D eigenvalue weighted by atomic mass is 32.2. The minimum Gasteiger partial charge on any atom is -0.113 e. The maximum absolute atomic E-state index is 4.57.